The van der Waals surface area contributed by atoms with Gasteiger partial charge in [0.05, 0.1) is 11.1 Å². The quantitative estimate of drug-likeness (QED) is 0.816. The van der Waals surface area contributed by atoms with Gasteiger partial charge in [0.25, 0.3) is 11.8 Å². The lowest BCUT2D eigenvalue weighted by Gasteiger charge is -2.34. The molecule has 0 spiro atoms. The third-order valence-corrected chi connectivity index (χ3v) is 4.46. The van der Waals surface area contributed by atoms with Crippen molar-refractivity contribution in [3.8, 4) is 0 Å². The van der Waals surface area contributed by atoms with Crippen LogP contribution >= 0.6 is 15.9 Å². The number of halogens is 1. The Bertz CT molecular complexity index is 576. The Hall–Kier alpha value is -1.24. The molecule has 1 atom stereocenters. The van der Waals surface area contributed by atoms with Crippen LogP contribution in [0.4, 0.5) is 0 Å². The molecule has 2 aliphatic heterocycles. The van der Waals surface area contributed by atoms with Gasteiger partial charge in [0.15, 0.2) is 0 Å². The summed E-state index contributed by atoms with van der Waals surface area (Å²) in [4.78, 5) is 28.3. The predicted molar refractivity (Wildman–Crippen MR) is 78.8 cm³/mol. The Labute approximate surface area is 126 Å². The first kappa shape index (κ1) is 13.7. The Balaban J connectivity index is 1.82. The molecule has 0 aromatic heterocycles. The maximum Gasteiger partial charge on any atom is 0.261 e. The summed E-state index contributed by atoms with van der Waals surface area (Å²) in [5, 5.41) is 3.30. The number of benzene rings is 1. The van der Waals surface area contributed by atoms with Gasteiger partial charge in [0.2, 0.25) is 0 Å². The molecular formula is C14H16BrN3O2. The minimum absolute atomic E-state index is 0.175. The number of hydrogen-bond acceptors (Lipinski definition) is 4. The van der Waals surface area contributed by atoms with E-state index >= 15 is 0 Å². The smallest absolute Gasteiger partial charge is 0.261 e. The van der Waals surface area contributed by atoms with Crippen LogP contribution in [-0.4, -0.2) is 60.9 Å². The highest BCUT2D eigenvalue weighted by atomic mass is 79.9. The SMILES string of the molecule is CN1CCNCC1CN1C(=O)c2ccc(Br)cc2C1=O. The van der Waals surface area contributed by atoms with Gasteiger partial charge in [-0.3, -0.25) is 19.4 Å². The molecule has 5 nitrogen and oxygen atoms in total. The van der Waals surface area contributed by atoms with Gasteiger partial charge in [-0.15, -0.1) is 0 Å². The Morgan fingerprint density at radius 1 is 1.30 bits per heavy atom. The monoisotopic (exact) mass is 337 g/mol. The fourth-order valence-electron chi connectivity index (χ4n) is 2.71. The van der Waals surface area contributed by atoms with Crippen molar-refractivity contribution in [1.29, 1.82) is 0 Å². The maximum atomic E-state index is 12.4. The van der Waals surface area contributed by atoms with Gasteiger partial charge in [-0.2, -0.15) is 0 Å². The number of nitrogens with one attached hydrogen (secondary N) is 1. The molecule has 1 unspecified atom stereocenters. The van der Waals surface area contributed by atoms with E-state index in [1.807, 2.05) is 7.05 Å². The molecule has 3 rings (SSSR count). The van der Waals surface area contributed by atoms with E-state index in [0.717, 1.165) is 24.1 Å². The fourth-order valence-corrected chi connectivity index (χ4v) is 3.07. The first-order chi connectivity index (χ1) is 9.58. The molecule has 1 saturated heterocycles. The van der Waals surface area contributed by atoms with E-state index in [4.69, 9.17) is 0 Å². The van der Waals surface area contributed by atoms with Crippen molar-refractivity contribution in [3.05, 3.63) is 33.8 Å². The van der Waals surface area contributed by atoms with Gasteiger partial charge >= 0.3 is 0 Å². The van der Waals surface area contributed by atoms with Crippen LogP contribution in [0.25, 0.3) is 0 Å². The third-order valence-electron chi connectivity index (χ3n) is 3.97. The van der Waals surface area contributed by atoms with Gasteiger partial charge in [0, 0.05) is 36.7 Å². The largest absolute Gasteiger partial charge is 0.314 e. The van der Waals surface area contributed by atoms with Gasteiger partial charge < -0.3 is 5.32 Å². The lowest BCUT2D eigenvalue weighted by Crippen LogP contribution is -2.54. The Kier molecular flexibility index (Phi) is 3.62. The highest BCUT2D eigenvalue weighted by Gasteiger charge is 2.37. The first-order valence-electron chi connectivity index (χ1n) is 6.64. The van der Waals surface area contributed by atoms with E-state index in [9.17, 15) is 9.59 Å². The molecule has 0 bridgehead atoms. The molecule has 0 saturated carbocycles. The van der Waals surface area contributed by atoms with Crippen molar-refractivity contribution in [2.45, 2.75) is 6.04 Å². The second-order valence-corrected chi connectivity index (χ2v) is 6.17. The Morgan fingerprint density at radius 3 is 2.80 bits per heavy atom. The number of hydrogen-bond donors (Lipinski definition) is 1. The number of carbonyl (C=O) groups is 2. The summed E-state index contributed by atoms with van der Waals surface area (Å²) < 4.78 is 0.815. The van der Waals surface area contributed by atoms with Crippen LogP contribution in [0.1, 0.15) is 20.7 Å². The predicted octanol–water partition coefficient (Wildman–Crippen LogP) is 0.949. The van der Waals surface area contributed by atoms with Gasteiger partial charge in [0.1, 0.15) is 0 Å². The van der Waals surface area contributed by atoms with E-state index in [1.54, 1.807) is 18.2 Å². The van der Waals surface area contributed by atoms with Crippen LogP contribution in [0.5, 0.6) is 0 Å². The van der Waals surface area contributed by atoms with Crippen molar-refractivity contribution in [2.75, 3.05) is 33.2 Å². The van der Waals surface area contributed by atoms with E-state index in [1.165, 1.54) is 4.90 Å². The lowest BCUT2D eigenvalue weighted by atomic mass is 10.1. The van der Waals surface area contributed by atoms with Crippen LogP contribution < -0.4 is 5.32 Å². The fraction of sp³-hybridized carbons (Fsp3) is 0.429. The number of fused-ring (bicyclic) bond motifs is 1. The third kappa shape index (κ3) is 2.28. The summed E-state index contributed by atoms with van der Waals surface area (Å²) in [5.41, 5.74) is 1.00. The highest BCUT2D eigenvalue weighted by Crippen LogP contribution is 2.26. The standard InChI is InChI=1S/C14H16BrN3O2/c1-17-5-4-16-7-10(17)8-18-13(19)11-3-2-9(15)6-12(11)14(18)20/h2-3,6,10,16H,4-5,7-8H2,1H3. The van der Waals surface area contributed by atoms with Crippen LogP contribution in [0.2, 0.25) is 0 Å². The minimum atomic E-state index is -0.190. The van der Waals surface area contributed by atoms with E-state index in [2.05, 4.69) is 26.1 Å². The molecule has 2 heterocycles. The van der Waals surface area contributed by atoms with Crippen LogP contribution in [0, 0.1) is 0 Å². The molecule has 20 heavy (non-hydrogen) atoms. The zero-order chi connectivity index (χ0) is 14.3. The number of imide groups is 1. The van der Waals surface area contributed by atoms with Gasteiger partial charge in [-0.05, 0) is 25.2 Å². The average molecular weight is 338 g/mol. The molecule has 2 aliphatic rings. The summed E-state index contributed by atoms with van der Waals surface area (Å²) in [7, 11) is 2.03. The second kappa shape index (κ2) is 5.27. The second-order valence-electron chi connectivity index (χ2n) is 5.25. The minimum Gasteiger partial charge on any atom is -0.314 e. The summed E-state index contributed by atoms with van der Waals surface area (Å²) in [6, 6.07) is 5.40. The zero-order valence-electron chi connectivity index (χ0n) is 11.2. The number of piperazine rings is 1. The highest BCUT2D eigenvalue weighted by molar-refractivity contribution is 9.10. The van der Waals surface area contributed by atoms with Crippen LogP contribution in [-0.2, 0) is 0 Å². The lowest BCUT2D eigenvalue weighted by molar-refractivity contribution is 0.0588. The summed E-state index contributed by atoms with van der Waals surface area (Å²) >= 11 is 3.34. The average Bonchev–Trinajstić information content (AvgIpc) is 2.66. The normalized spacial score (nSPS) is 23.3. The molecule has 6 heteroatoms. The number of carbonyl (C=O) groups excluding carboxylic acids is 2. The molecule has 1 aromatic rings. The molecule has 0 radical (unpaired) electrons. The van der Waals surface area contributed by atoms with Crippen molar-refractivity contribution in [2.24, 2.45) is 0 Å². The van der Waals surface area contributed by atoms with Gasteiger partial charge in [-0.25, -0.2) is 0 Å². The van der Waals surface area contributed by atoms with Crippen LogP contribution in [0.15, 0.2) is 22.7 Å². The molecule has 0 aliphatic carbocycles. The number of likely N-dealkylation sites (N-methyl/N-ethyl adjacent to an activating group) is 1. The molecule has 2 amide bonds. The summed E-state index contributed by atoms with van der Waals surface area (Å²) in [6.07, 6.45) is 0. The van der Waals surface area contributed by atoms with Crippen molar-refractivity contribution >= 4 is 27.7 Å². The molecular weight excluding hydrogens is 322 g/mol. The van der Waals surface area contributed by atoms with Crippen molar-refractivity contribution < 1.29 is 9.59 Å². The zero-order valence-corrected chi connectivity index (χ0v) is 12.8. The topological polar surface area (TPSA) is 52.6 Å². The number of nitrogens with zero attached hydrogens (tertiary/aromatic N) is 2. The molecule has 1 N–H and O–H groups in total. The van der Waals surface area contributed by atoms with E-state index in [-0.39, 0.29) is 17.9 Å². The van der Waals surface area contributed by atoms with E-state index < -0.39 is 0 Å². The summed E-state index contributed by atoms with van der Waals surface area (Å²) in [5.74, 6) is -0.373. The van der Waals surface area contributed by atoms with Crippen molar-refractivity contribution in [1.82, 2.24) is 15.1 Å². The molecule has 1 fully saturated rings. The van der Waals surface area contributed by atoms with Crippen molar-refractivity contribution in [3.63, 3.8) is 0 Å². The van der Waals surface area contributed by atoms with E-state index in [0.29, 0.717) is 17.7 Å². The number of amides is 2. The maximum absolute atomic E-state index is 12.4. The molecule has 1 aromatic carbocycles. The van der Waals surface area contributed by atoms with Gasteiger partial charge in [-0.1, -0.05) is 15.9 Å². The summed E-state index contributed by atoms with van der Waals surface area (Å²) in [6.45, 7) is 3.11. The molecule has 106 valence electrons. The number of rotatable bonds is 2. The first-order valence-corrected chi connectivity index (χ1v) is 7.44. The Morgan fingerprint density at radius 2 is 2.05 bits per heavy atom. The van der Waals surface area contributed by atoms with Crippen LogP contribution in [0.3, 0.4) is 0 Å².